The Morgan fingerprint density at radius 2 is 1.95 bits per heavy atom. The molecule has 0 aromatic heterocycles. The van der Waals surface area contributed by atoms with Crippen LogP contribution >= 0.6 is 0 Å². The third-order valence-corrected chi connectivity index (χ3v) is 3.50. The molecule has 6 heteroatoms. The van der Waals surface area contributed by atoms with Crippen molar-refractivity contribution < 1.29 is 14.3 Å². The summed E-state index contributed by atoms with van der Waals surface area (Å²) in [6.45, 7) is 6.46. The van der Waals surface area contributed by atoms with Crippen LogP contribution in [-0.4, -0.2) is 37.1 Å². The first-order valence-corrected chi connectivity index (χ1v) is 7.02. The van der Waals surface area contributed by atoms with Crippen molar-refractivity contribution in [3.63, 3.8) is 0 Å². The maximum absolute atomic E-state index is 12.3. The molecular weight excluding hydrogens is 270 g/mol. The highest BCUT2D eigenvalue weighted by molar-refractivity contribution is 5.98. The number of benzene rings is 1. The predicted molar refractivity (Wildman–Crippen MR) is 81.3 cm³/mol. The summed E-state index contributed by atoms with van der Waals surface area (Å²) >= 11 is 0. The Bertz CT molecular complexity index is 545. The molecule has 0 bridgehead atoms. The maximum atomic E-state index is 12.3. The summed E-state index contributed by atoms with van der Waals surface area (Å²) in [6, 6.07) is 5.04. The lowest BCUT2D eigenvalue weighted by atomic mass is 10.1. The van der Waals surface area contributed by atoms with Gasteiger partial charge in [-0.15, -0.1) is 0 Å². The number of anilines is 2. The van der Waals surface area contributed by atoms with Gasteiger partial charge in [-0.25, -0.2) is 0 Å². The number of rotatable bonds is 3. The van der Waals surface area contributed by atoms with Crippen molar-refractivity contribution in [2.45, 2.75) is 32.9 Å². The molecule has 1 saturated heterocycles. The van der Waals surface area contributed by atoms with Gasteiger partial charge < -0.3 is 20.7 Å². The molecule has 1 aliphatic rings. The van der Waals surface area contributed by atoms with Gasteiger partial charge in [-0.05, 0) is 31.5 Å². The average Bonchev–Trinajstić information content (AvgIpc) is 2.43. The van der Waals surface area contributed by atoms with Crippen LogP contribution < -0.4 is 16.0 Å². The fourth-order valence-electron chi connectivity index (χ4n) is 2.33. The van der Waals surface area contributed by atoms with Crippen LogP contribution in [0.1, 0.15) is 19.4 Å². The molecule has 1 aliphatic heterocycles. The molecule has 3 N–H and O–H groups in total. The van der Waals surface area contributed by atoms with Gasteiger partial charge in [0.05, 0.1) is 12.7 Å². The van der Waals surface area contributed by atoms with Gasteiger partial charge in [-0.1, -0.05) is 6.07 Å². The van der Waals surface area contributed by atoms with E-state index in [-0.39, 0.29) is 24.0 Å². The van der Waals surface area contributed by atoms with Crippen LogP contribution in [0.5, 0.6) is 0 Å². The van der Waals surface area contributed by atoms with Gasteiger partial charge in [0.1, 0.15) is 6.04 Å². The fourth-order valence-corrected chi connectivity index (χ4v) is 2.33. The van der Waals surface area contributed by atoms with E-state index < -0.39 is 0 Å². The highest BCUT2D eigenvalue weighted by atomic mass is 16.5. The van der Waals surface area contributed by atoms with Gasteiger partial charge in [-0.3, -0.25) is 9.59 Å². The summed E-state index contributed by atoms with van der Waals surface area (Å²) in [5.41, 5.74) is 2.21. The molecule has 1 aromatic rings. The van der Waals surface area contributed by atoms with E-state index in [0.717, 1.165) is 5.56 Å². The lowest BCUT2D eigenvalue weighted by molar-refractivity contribution is -0.123. The number of nitrogens with one attached hydrogen (secondary N) is 3. The van der Waals surface area contributed by atoms with Crippen LogP contribution in [0.2, 0.25) is 0 Å². The topological polar surface area (TPSA) is 79.5 Å². The first-order chi connectivity index (χ1) is 9.99. The smallest absolute Gasteiger partial charge is 0.244 e. The molecule has 2 rings (SSSR count). The quantitative estimate of drug-likeness (QED) is 0.783. The van der Waals surface area contributed by atoms with Crippen molar-refractivity contribution in [1.82, 2.24) is 5.32 Å². The van der Waals surface area contributed by atoms with Crippen molar-refractivity contribution in [2.24, 2.45) is 0 Å². The lowest BCUT2D eigenvalue weighted by Gasteiger charge is -2.29. The third kappa shape index (κ3) is 3.80. The van der Waals surface area contributed by atoms with E-state index in [0.29, 0.717) is 24.5 Å². The summed E-state index contributed by atoms with van der Waals surface area (Å²) in [4.78, 5) is 23.5. The zero-order valence-corrected chi connectivity index (χ0v) is 12.5. The molecule has 1 aromatic carbocycles. The number of hydrogen-bond donors (Lipinski definition) is 3. The maximum Gasteiger partial charge on any atom is 0.244 e. The SMILES string of the molecule is CC(=O)Nc1cccc(NC(=O)[C@H]2NCCO[C@@H]2C)c1C. The Morgan fingerprint density at radius 1 is 1.29 bits per heavy atom. The molecule has 0 unspecified atom stereocenters. The monoisotopic (exact) mass is 291 g/mol. The molecule has 114 valence electrons. The van der Waals surface area contributed by atoms with E-state index in [1.54, 1.807) is 12.1 Å². The Balaban J connectivity index is 2.11. The van der Waals surface area contributed by atoms with Gasteiger partial charge in [0.25, 0.3) is 0 Å². The van der Waals surface area contributed by atoms with E-state index in [1.807, 2.05) is 19.9 Å². The summed E-state index contributed by atoms with van der Waals surface area (Å²) < 4.78 is 5.48. The predicted octanol–water partition coefficient (Wildman–Crippen LogP) is 1.27. The molecule has 0 aliphatic carbocycles. The normalized spacial score (nSPS) is 21.7. The van der Waals surface area contributed by atoms with Gasteiger partial charge >= 0.3 is 0 Å². The van der Waals surface area contributed by atoms with Crippen molar-refractivity contribution in [3.05, 3.63) is 23.8 Å². The number of carbonyl (C=O) groups excluding carboxylic acids is 2. The number of morpholine rings is 1. The standard InChI is InChI=1S/C15H21N3O3/c1-9-12(17-11(3)19)5-4-6-13(9)18-15(20)14-10(2)21-8-7-16-14/h4-6,10,14,16H,7-8H2,1-3H3,(H,17,19)(H,18,20)/t10-,14+/m1/s1. The zero-order valence-electron chi connectivity index (χ0n) is 12.5. The van der Waals surface area contributed by atoms with Crippen molar-refractivity contribution in [3.8, 4) is 0 Å². The molecule has 2 amide bonds. The molecule has 21 heavy (non-hydrogen) atoms. The Labute approximate surface area is 124 Å². The molecule has 0 saturated carbocycles. The minimum atomic E-state index is -0.373. The van der Waals surface area contributed by atoms with E-state index >= 15 is 0 Å². The second-order valence-corrected chi connectivity index (χ2v) is 5.16. The van der Waals surface area contributed by atoms with Gasteiger partial charge in [0, 0.05) is 24.8 Å². The fraction of sp³-hybridized carbons (Fsp3) is 0.467. The van der Waals surface area contributed by atoms with Gasteiger partial charge in [0.2, 0.25) is 11.8 Å². The van der Waals surface area contributed by atoms with Crippen molar-refractivity contribution in [2.75, 3.05) is 23.8 Å². The first kappa shape index (κ1) is 15.5. The molecule has 6 nitrogen and oxygen atoms in total. The summed E-state index contributed by atoms with van der Waals surface area (Å²) in [5, 5.41) is 8.78. The Morgan fingerprint density at radius 3 is 2.57 bits per heavy atom. The van der Waals surface area contributed by atoms with Crippen LogP contribution in [0.3, 0.4) is 0 Å². The number of carbonyl (C=O) groups is 2. The van der Waals surface area contributed by atoms with Crippen molar-refractivity contribution >= 4 is 23.2 Å². The largest absolute Gasteiger partial charge is 0.375 e. The summed E-state index contributed by atoms with van der Waals surface area (Å²) in [6.07, 6.45) is -0.169. The Hall–Kier alpha value is -1.92. The van der Waals surface area contributed by atoms with Crippen LogP contribution in [0.25, 0.3) is 0 Å². The van der Waals surface area contributed by atoms with Crippen LogP contribution in [0, 0.1) is 6.92 Å². The first-order valence-electron chi connectivity index (χ1n) is 7.02. The molecular formula is C15H21N3O3. The zero-order chi connectivity index (χ0) is 15.4. The highest BCUT2D eigenvalue weighted by Crippen LogP contribution is 2.23. The minimum Gasteiger partial charge on any atom is -0.375 e. The Kier molecular flexibility index (Phi) is 4.93. The molecule has 1 fully saturated rings. The summed E-state index contributed by atoms with van der Waals surface area (Å²) in [5.74, 6) is -0.275. The van der Waals surface area contributed by atoms with E-state index in [1.165, 1.54) is 6.92 Å². The highest BCUT2D eigenvalue weighted by Gasteiger charge is 2.28. The molecule has 0 radical (unpaired) electrons. The van der Waals surface area contributed by atoms with Crippen LogP contribution in [0.15, 0.2) is 18.2 Å². The van der Waals surface area contributed by atoms with Crippen LogP contribution in [-0.2, 0) is 14.3 Å². The third-order valence-electron chi connectivity index (χ3n) is 3.50. The molecule has 2 atom stereocenters. The second kappa shape index (κ2) is 6.69. The number of hydrogen-bond acceptors (Lipinski definition) is 4. The van der Waals surface area contributed by atoms with E-state index in [4.69, 9.17) is 4.74 Å². The molecule has 0 spiro atoms. The van der Waals surface area contributed by atoms with Crippen molar-refractivity contribution in [1.29, 1.82) is 0 Å². The van der Waals surface area contributed by atoms with Crippen LogP contribution in [0.4, 0.5) is 11.4 Å². The second-order valence-electron chi connectivity index (χ2n) is 5.16. The minimum absolute atomic E-state index is 0.134. The average molecular weight is 291 g/mol. The van der Waals surface area contributed by atoms with Gasteiger partial charge in [-0.2, -0.15) is 0 Å². The number of ether oxygens (including phenoxy) is 1. The lowest BCUT2D eigenvalue weighted by Crippen LogP contribution is -2.53. The van der Waals surface area contributed by atoms with Gasteiger partial charge in [0.15, 0.2) is 0 Å². The summed E-state index contributed by atoms with van der Waals surface area (Å²) in [7, 11) is 0. The van der Waals surface area contributed by atoms with E-state index in [2.05, 4.69) is 16.0 Å². The number of amides is 2. The molecule has 1 heterocycles. The van der Waals surface area contributed by atoms with E-state index in [9.17, 15) is 9.59 Å².